The fraction of sp³-hybridized carbons (Fsp3) is 0.250. The Kier molecular flexibility index (Phi) is 2.36. The quantitative estimate of drug-likeness (QED) is 0.680. The van der Waals surface area contributed by atoms with E-state index in [1.165, 1.54) is 4.90 Å². The van der Waals surface area contributed by atoms with Crippen molar-refractivity contribution in [3.05, 3.63) is 15.7 Å². The van der Waals surface area contributed by atoms with Gasteiger partial charge in [-0.05, 0) is 22.0 Å². The summed E-state index contributed by atoms with van der Waals surface area (Å²) in [4.78, 5) is 16.8. The van der Waals surface area contributed by atoms with Crippen LogP contribution in [-0.2, 0) is 4.79 Å². The number of fused-ring (bicyclic) bond motifs is 1. The van der Waals surface area contributed by atoms with Crippen LogP contribution in [-0.4, -0.2) is 24.5 Å². The molecule has 6 heteroatoms. The molecular formula is C8H6BrClN2O2. The second-order valence-corrected chi connectivity index (χ2v) is 4.04. The summed E-state index contributed by atoms with van der Waals surface area (Å²) in [5, 5.41) is 0.325. The molecule has 1 aromatic rings. The minimum atomic E-state index is -0.103. The van der Waals surface area contributed by atoms with Crippen LogP contribution in [0.4, 0.5) is 5.69 Å². The van der Waals surface area contributed by atoms with Crippen molar-refractivity contribution in [2.75, 3.05) is 18.6 Å². The van der Waals surface area contributed by atoms with Crippen LogP contribution in [0.2, 0.25) is 5.15 Å². The maximum atomic E-state index is 11.3. The predicted octanol–water partition coefficient (Wildman–Crippen LogP) is 1.85. The lowest BCUT2D eigenvalue weighted by atomic mass is 10.3. The van der Waals surface area contributed by atoms with Gasteiger partial charge in [0.2, 0.25) is 5.88 Å². The number of carbonyl (C=O) groups excluding carboxylic acids is 1. The first-order chi connectivity index (χ1) is 6.59. The summed E-state index contributed by atoms with van der Waals surface area (Å²) in [7, 11) is 1.67. The van der Waals surface area contributed by atoms with Gasteiger partial charge < -0.3 is 9.64 Å². The van der Waals surface area contributed by atoms with E-state index in [-0.39, 0.29) is 12.5 Å². The van der Waals surface area contributed by atoms with Crippen LogP contribution in [0.5, 0.6) is 5.88 Å². The highest BCUT2D eigenvalue weighted by Crippen LogP contribution is 2.34. The summed E-state index contributed by atoms with van der Waals surface area (Å²) in [6.07, 6.45) is 0. The van der Waals surface area contributed by atoms with Gasteiger partial charge in [0.25, 0.3) is 5.91 Å². The van der Waals surface area contributed by atoms with Gasteiger partial charge in [-0.3, -0.25) is 4.79 Å². The van der Waals surface area contributed by atoms with Crippen molar-refractivity contribution in [1.82, 2.24) is 4.98 Å². The molecule has 0 N–H and O–H groups in total. The first kappa shape index (κ1) is 9.73. The number of anilines is 1. The lowest BCUT2D eigenvalue weighted by Gasteiger charge is -2.25. The Morgan fingerprint density at radius 2 is 2.43 bits per heavy atom. The summed E-state index contributed by atoms with van der Waals surface area (Å²) < 4.78 is 5.78. The third-order valence-electron chi connectivity index (χ3n) is 1.95. The molecule has 14 heavy (non-hydrogen) atoms. The van der Waals surface area contributed by atoms with E-state index in [0.29, 0.717) is 21.2 Å². The Balaban J connectivity index is 2.55. The molecule has 0 spiro atoms. The standard InChI is InChI=1S/C8H6BrClN2O2/c1-12-5-2-4(9)7(10)11-8(5)14-3-6(12)13/h2H,3H2,1H3. The van der Waals surface area contributed by atoms with E-state index in [0.717, 1.165) is 0 Å². The molecule has 1 aliphatic rings. The van der Waals surface area contributed by atoms with E-state index in [1.54, 1.807) is 13.1 Å². The number of hydrogen-bond acceptors (Lipinski definition) is 3. The van der Waals surface area contributed by atoms with E-state index in [9.17, 15) is 4.79 Å². The average molecular weight is 278 g/mol. The number of halogens is 2. The number of carbonyl (C=O) groups is 1. The highest BCUT2D eigenvalue weighted by atomic mass is 79.9. The van der Waals surface area contributed by atoms with E-state index >= 15 is 0 Å². The summed E-state index contributed by atoms with van der Waals surface area (Å²) in [6, 6.07) is 1.71. The summed E-state index contributed by atoms with van der Waals surface area (Å²) in [5.41, 5.74) is 0.623. The Labute approximate surface area is 93.9 Å². The van der Waals surface area contributed by atoms with Crippen LogP contribution < -0.4 is 9.64 Å². The molecule has 1 aliphatic heterocycles. The van der Waals surface area contributed by atoms with Crippen LogP contribution in [0.1, 0.15) is 0 Å². The first-order valence-electron chi connectivity index (χ1n) is 3.85. The number of likely N-dealkylation sites (N-methyl/N-ethyl adjacent to an activating group) is 1. The van der Waals surface area contributed by atoms with Gasteiger partial charge in [0, 0.05) is 7.05 Å². The first-order valence-corrected chi connectivity index (χ1v) is 5.02. The molecule has 4 nitrogen and oxygen atoms in total. The Morgan fingerprint density at radius 3 is 3.14 bits per heavy atom. The Bertz CT molecular complexity index is 411. The molecule has 74 valence electrons. The zero-order valence-corrected chi connectivity index (χ0v) is 9.59. The Hall–Kier alpha value is -0.810. The molecule has 0 saturated carbocycles. The molecular weight excluding hydrogens is 271 g/mol. The van der Waals surface area contributed by atoms with Crippen molar-refractivity contribution in [1.29, 1.82) is 0 Å². The maximum absolute atomic E-state index is 11.3. The maximum Gasteiger partial charge on any atom is 0.264 e. The smallest absolute Gasteiger partial charge is 0.264 e. The molecule has 2 heterocycles. The number of hydrogen-bond donors (Lipinski definition) is 0. The largest absolute Gasteiger partial charge is 0.466 e. The Morgan fingerprint density at radius 1 is 1.71 bits per heavy atom. The molecule has 0 atom stereocenters. The van der Waals surface area contributed by atoms with Gasteiger partial charge in [0.05, 0.1) is 4.47 Å². The molecule has 0 aliphatic carbocycles. The molecule has 0 bridgehead atoms. The average Bonchev–Trinajstić information content (AvgIpc) is 2.15. The number of pyridine rings is 1. The topological polar surface area (TPSA) is 42.4 Å². The third kappa shape index (κ3) is 1.46. The number of amides is 1. The van der Waals surface area contributed by atoms with Crippen molar-refractivity contribution in [2.24, 2.45) is 0 Å². The lowest BCUT2D eigenvalue weighted by Crippen LogP contribution is -2.35. The fourth-order valence-electron chi connectivity index (χ4n) is 1.15. The third-order valence-corrected chi connectivity index (χ3v) is 3.07. The molecule has 1 aromatic heterocycles. The van der Waals surface area contributed by atoms with Crippen LogP contribution in [0.25, 0.3) is 0 Å². The van der Waals surface area contributed by atoms with E-state index in [2.05, 4.69) is 20.9 Å². The minimum absolute atomic E-state index is 0.00839. The van der Waals surface area contributed by atoms with Crippen molar-refractivity contribution in [2.45, 2.75) is 0 Å². The van der Waals surface area contributed by atoms with Crippen LogP contribution in [0.15, 0.2) is 10.5 Å². The van der Waals surface area contributed by atoms with Crippen molar-refractivity contribution in [3.63, 3.8) is 0 Å². The van der Waals surface area contributed by atoms with E-state index < -0.39 is 0 Å². The monoisotopic (exact) mass is 276 g/mol. The van der Waals surface area contributed by atoms with Gasteiger partial charge in [0.15, 0.2) is 6.61 Å². The number of nitrogens with zero attached hydrogens (tertiary/aromatic N) is 2. The van der Waals surface area contributed by atoms with Crippen molar-refractivity contribution < 1.29 is 9.53 Å². The highest BCUT2D eigenvalue weighted by molar-refractivity contribution is 9.10. The van der Waals surface area contributed by atoms with Crippen molar-refractivity contribution in [3.8, 4) is 5.88 Å². The van der Waals surface area contributed by atoms with Gasteiger partial charge in [-0.15, -0.1) is 0 Å². The SMILES string of the molecule is CN1C(=O)COc2nc(Cl)c(Br)cc21. The molecule has 0 radical (unpaired) electrons. The van der Waals surface area contributed by atoms with Gasteiger partial charge in [-0.25, -0.2) is 0 Å². The normalized spacial score (nSPS) is 15.1. The number of rotatable bonds is 0. The fourth-order valence-corrected chi connectivity index (χ4v) is 1.59. The molecule has 2 rings (SSSR count). The summed E-state index contributed by atoms with van der Waals surface area (Å²) in [5.74, 6) is 0.286. The zero-order valence-electron chi connectivity index (χ0n) is 7.25. The molecule has 1 amide bonds. The zero-order chi connectivity index (χ0) is 10.3. The number of aromatic nitrogens is 1. The summed E-state index contributed by atoms with van der Waals surface area (Å²) in [6.45, 7) is 0.00839. The van der Waals surface area contributed by atoms with E-state index in [1.807, 2.05) is 0 Å². The van der Waals surface area contributed by atoms with Crippen LogP contribution in [0.3, 0.4) is 0 Å². The predicted molar refractivity (Wildman–Crippen MR) is 55.9 cm³/mol. The molecule has 0 unspecified atom stereocenters. The second kappa shape index (κ2) is 3.40. The molecule has 0 aromatic carbocycles. The molecule has 0 saturated heterocycles. The van der Waals surface area contributed by atoms with Gasteiger partial charge >= 0.3 is 0 Å². The lowest BCUT2D eigenvalue weighted by molar-refractivity contribution is -0.121. The van der Waals surface area contributed by atoms with Crippen LogP contribution in [0, 0.1) is 0 Å². The molecule has 0 fully saturated rings. The second-order valence-electron chi connectivity index (χ2n) is 2.83. The minimum Gasteiger partial charge on any atom is -0.466 e. The van der Waals surface area contributed by atoms with Crippen molar-refractivity contribution >= 4 is 39.1 Å². The summed E-state index contributed by atoms with van der Waals surface area (Å²) >= 11 is 9.02. The number of ether oxygens (including phenoxy) is 1. The van der Waals surface area contributed by atoms with Gasteiger partial charge in [-0.1, -0.05) is 11.6 Å². The van der Waals surface area contributed by atoms with Gasteiger partial charge in [0.1, 0.15) is 10.8 Å². The van der Waals surface area contributed by atoms with Crippen LogP contribution >= 0.6 is 27.5 Å². The van der Waals surface area contributed by atoms with E-state index in [4.69, 9.17) is 16.3 Å². The van der Waals surface area contributed by atoms with Gasteiger partial charge in [-0.2, -0.15) is 4.98 Å². The highest BCUT2D eigenvalue weighted by Gasteiger charge is 2.24.